The number of fused-ring (bicyclic) bond motifs is 3. The molecular formula is C41H42Cl2F3N3O9. The molecule has 0 aliphatic carbocycles. The minimum atomic E-state index is -3.10. The van der Waals surface area contributed by atoms with Crippen LogP contribution >= 0.6 is 23.2 Å². The van der Waals surface area contributed by atoms with Gasteiger partial charge < -0.3 is 28.8 Å². The lowest BCUT2D eigenvalue weighted by Crippen LogP contribution is -2.52. The standard InChI is InChI=1S/C40H41Cl2F3N3O7.CH2O2/c1-23(2)52-35-17-27(11-12-33(35)55-40(44)45)34(18-29-30(41)20-48(51)21-31(29)42)53-38(49)26-9-7-24(8-10-26)19-46-37(28-5-3-4-6-32(28)43)39(50)54-36-22-47-15-13-25(36)14-16-47;2-1-3/h3-12,17,20-21,23,25,34,36-37,40,46,51H,13-16,18-19,22H2,1-2H3;1H,(H,2,3)/q+1;/p-1/t34-,36-,37?;/m0./s1. The van der Waals surface area contributed by atoms with E-state index in [4.69, 9.17) is 47.3 Å². The first-order valence-corrected chi connectivity index (χ1v) is 19.1. The number of hydrogen-bond acceptors (Lipinski definition) is 11. The molecule has 0 spiro atoms. The average Bonchev–Trinajstić information content (AvgIpc) is 3.18. The van der Waals surface area contributed by atoms with Gasteiger partial charge in [-0.1, -0.05) is 59.6 Å². The fraction of sp³-hybridized carbons (Fsp3) is 0.366. The molecule has 0 saturated carbocycles. The van der Waals surface area contributed by atoms with Crippen LogP contribution in [0.1, 0.15) is 71.4 Å². The number of benzene rings is 3. The Morgan fingerprint density at radius 2 is 1.66 bits per heavy atom. The van der Waals surface area contributed by atoms with Crippen LogP contribution in [-0.4, -0.2) is 67.0 Å². The number of hydrogen-bond donors (Lipinski definition) is 2. The van der Waals surface area contributed by atoms with Crippen LogP contribution < -0.4 is 24.6 Å². The molecule has 1 unspecified atom stereocenters. The summed E-state index contributed by atoms with van der Waals surface area (Å²) >= 11 is 12.8. The first-order chi connectivity index (χ1) is 27.8. The number of carbonyl (C=O) groups is 3. The van der Waals surface area contributed by atoms with E-state index in [1.165, 1.54) is 36.7 Å². The Bertz CT molecular complexity index is 2010. The highest BCUT2D eigenvalue weighted by molar-refractivity contribution is 6.35. The van der Waals surface area contributed by atoms with Crippen molar-refractivity contribution in [2.45, 2.75) is 70.6 Å². The number of piperidine rings is 3. The number of pyridine rings is 1. The zero-order chi connectivity index (χ0) is 41.9. The number of halogens is 5. The highest BCUT2D eigenvalue weighted by Gasteiger charge is 2.38. The summed E-state index contributed by atoms with van der Waals surface area (Å²) in [5.74, 6) is -1.74. The molecule has 1 aromatic heterocycles. The minimum Gasteiger partial charge on any atom is -0.554 e. The fourth-order valence-corrected chi connectivity index (χ4v) is 7.48. The number of aromatic nitrogens is 1. The summed E-state index contributed by atoms with van der Waals surface area (Å²) in [6, 6.07) is 15.6. The number of alkyl halides is 2. The van der Waals surface area contributed by atoms with Crippen molar-refractivity contribution < 1.29 is 61.5 Å². The van der Waals surface area contributed by atoms with Crippen molar-refractivity contribution in [1.82, 2.24) is 10.2 Å². The highest BCUT2D eigenvalue weighted by atomic mass is 35.5. The molecule has 3 saturated heterocycles. The summed E-state index contributed by atoms with van der Waals surface area (Å²) in [6.07, 6.45) is 2.58. The zero-order valence-corrected chi connectivity index (χ0v) is 33.0. The lowest BCUT2D eigenvalue weighted by atomic mass is 9.86. The predicted octanol–water partition coefficient (Wildman–Crippen LogP) is 6.02. The van der Waals surface area contributed by atoms with E-state index in [9.17, 15) is 28.0 Å². The van der Waals surface area contributed by atoms with Crippen LogP contribution in [0.4, 0.5) is 13.2 Å². The maximum atomic E-state index is 15.0. The topological polar surface area (TPSA) is 151 Å². The summed E-state index contributed by atoms with van der Waals surface area (Å²) in [5, 5.41) is 21.5. The van der Waals surface area contributed by atoms with Gasteiger partial charge in [0.25, 0.3) is 0 Å². The lowest BCUT2D eigenvalue weighted by Gasteiger charge is -2.44. The molecule has 3 fully saturated rings. The Morgan fingerprint density at radius 1 is 1.00 bits per heavy atom. The van der Waals surface area contributed by atoms with Crippen LogP contribution in [0.25, 0.3) is 0 Å². The minimum absolute atomic E-state index is 0.00507. The summed E-state index contributed by atoms with van der Waals surface area (Å²) in [6.45, 7) is 2.61. The number of nitrogens with zero attached hydrogens (tertiary/aromatic N) is 2. The first-order valence-electron chi connectivity index (χ1n) is 18.4. The second-order valence-electron chi connectivity index (χ2n) is 13.9. The van der Waals surface area contributed by atoms with Gasteiger partial charge in [-0.05, 0) is 87.2 Å². The molecule has 0 radical (unpaired) electrons. The second kappa shape index (κ2) is 20.6. The van der Waals surface area contributed by atoms with Gasteiger partial charge in [-0.2, -0.15) is 8.78 Å². The number of ether oxygens (including phenoxy) is 4. The average molecular weight is 849 g/mol. The van der Waals surface area contributed by atoms with Crippen LogP contribution in [0.15, 0.2) is 79.1 Å². The molecule has 0 amide bonds. The van der Waals surface area contributed by atoms with Crippen LogP contribution in [0.5, 0.6) is 11.5 Å². The molecule has 4 aromatic rings. The highest BCUT2D eigenvalue weighted by Crippen LogP contribution is 2.37. The Morgan fingerprint density at radius 3 is 2.24 bits per heavy atom. The SMILES string of the molecule is CC(C)Oc1cc([C@H](Cc2c(Cl)c[n+](O)cc2Cl)OC(=O)c2ccc(CNC(C(=O)O[C@H]3CN4CCC3CC4)c3ccccc3F)cc2)ccc1OC(F)F.O=C[O-]. The first kappa shape index (κ1) is 44.0. The van der Waals surface area contributed by atoms with Crippen molar-refractivity contribution in [1.29, 1.82) is 0 Å². The van der Waals surface area contributed by atoms with Crippen LogP contribution in [0.2, 0.25) is 10.0 Å². The summed E-state index contributed by atoms with van der Waals surface area (Å²) < 4.78 is 64.4. The van der Waals surface area contributed by atoms with Crippen molar-refractivity contribution in [3.8, 4) is 11.5 Å². The van der Waals surface area contributed by atoms with Gasteiger partial charge in [-0.25, -0.2) is 14.0 Å². The Kier molecular flexibility index (Phi) is 15.6. The summed E-state index contributed by atoms with van der Waals surface area (Å²) in [7, 11) is 0. The fourth-order valence-electron chi connectivity index (χ4n) is 6.88. The third kappa shape index (κ3) is 11.7. The molecule has 3 aliphatic heterocycles. The molecule has 4 heterocycles. The van der Waals surface area contributed by atoms with Gasteiger partial charge in [0.1, 0.15) is 34.1 Å². The van der Waals surface area contributed by atoms with Crippen molar-refractivity contribution >= 4 is 41.6 Å². The van der Waals surface area contributed by atoms with Crippen molar-refractivity contribution in [2.24, 2.45) is 5.92 Å². The second-order valence-corrected chi connectivity index (χ2v) is 14.7. The Labute approximate surface area is 342 Å². The third-order valence-corrected chi connectivity index (χ3v) is 10.3. The van der Waals surface area contributed by atoms with Crippen molar-refractivity contribution in [3.63, 3.8) is 0 Å². The van der Waals surface area contributed by atoms with Crippen molar-refractivity contribution in [2.75, 3.05) is 19.6 Å². The number of rotatable bonds is 15. The summed E-state index contributed by atoms with van der Waals surface area (Å²) in [4.78, 5) is 37.7. The molecule has 3 aromatic carbocycles. The van der Waals surface area contributed by atoms with Crippen LogP contribution in [-0.2, 0) is 32.0 Å². The van der Waals surface area contributed by atoms with Gasteiger partial charge in [0.05, 0.1) is 11.7 Å². The van der Waals surface area contributed by atoms with Gasteiger partial charge in [-0.3, -0.25) is 15.4 Å². The number of esters is 2. The van der Waals surface area contributed by atoms with E-state index in [1.54, 1.807) is 56.3 Å². The summed E-state index contributed by atoms with van der Waals surface area (Å²) in [5.41, 5.74) is 1.75. The van der Waals surface area contributed by atoms with Crippen LogP contribution in [0.3, 0.4) is 0 Å². The van der Waals surface area contributed by atoms with E-state index in [0.29, 0.717) is 28.0 Å². The molecule has 7 rings (SSSR count). The van der Waals surface area contributed by atoms with E-state index in [2.05, 4.69) is 15.0 Å². The Balaban J connectivity index is 0.00000207. The molecule has 17 heteroatoms. The quantitative estimate of drug-likeness (QED) is 0.0626. The molecule has 12 nitrogen and oxygen atoms in total. The van der Waals surface area contributed by atoms with Gasteiger partial charge in [0.15, 0.2) is 11.5 Å². The number of nitrogens with one attached hydrogen (secondary N) is 1. The normalized spacial score (nSPS) is 18.1. The van der Waals surface area contributed by atoms with E-state index in [-0.39, 0.29) is 57.7 Å². The molecule has 2 N–H and O–H groups in total. The molecule has 3 aliphatic rings. The van der Waals surface area contributed by atoms with E-state index < -0.39 is 49.1 Å². The van der Waals surface area contributed by atoms with E-state index in [0.717, 1.165) is 25.9 Å². The van der Waals surface area contributed by atoms with Gasteiger partial charge in [0.2, 0.25) is 12.4 Å². The molecular weight excluding hydrogens is 806 g/mol. The van der Waals surface area contributed by atoms with E-state index in [1.807, 2.05) is 0 Å². The van der Waals surface area contributed by atoms with Gasteiger partial charge >= 0.3 is 18.6 Å². The molecule has 2 bridgehead atoms. The number of carboxylic acid groups (broad SMARTS) is 1. The molecule has 3 atom stereocenters. The molecule has 310 valence electrons. The number of carbonyl (C=O) groups excluding carboxylic acids is 3. The predicted molar refractivity (Wildman–Crippen MR) is 202 cm³/mol. The maximum Gasteiger partial charge on any atom is 0.387 e. The molecule has 58 heavy (non-hydrogen) atoms. The van der Waals surface area contributed by atoms with E-state index >= 15 is 0 Å². The van der Waals surface area contributed by atoms with Crippen molar-refractivity contribution in [3.05, 3.63) is 123 Å². The van der Waals surface area contributed by atoms with Crippen LogP contribution in [0, 0.1) is 11.7 Å². The Hall–Kier alpha value is -5.09. The third-order valence-electron chi connectivity index (χ3n) is 9.64. The maximum absolute atomic E-state index is 15.0. The lowest BCUT2D eigenvalue weighted by molar-refractivity contribution is -0.904. The monoisotopic (exact) mass is 847 g/mol. The smallest absolute Gasteiger partial charge is 0.387 e. The zero-order valence-electron chi connectivity index (χ0n) is 31.5. The van der Waals surface area contributed by atoms with Gasteiger partial charge in [0, 0.05) is 41.8 Å². The van der Waals surface area contributed by atoms with Gasteiger partial charge in [-0.15, -0.1) is 0 Å². The largest absolute Gasteiger partial charge is 0.554 e.